The molecule has 0 amide bonds. The molecule has 4 rings (SSSR count). The maximum atomic E-state index is 5.47. The van der Waals surface area contributed by atoms with E-state index in [4.69, 9.17) is 13.6 Å². The molecule has 0 unspecified atom stereocenters. The predicted octanol–water partition coefficient (Wildman–Crippen LogP) is 6.19. The van der Waals surface area contributed by atoms with Gasteiger partial charge in [0.1, 0.15) is 28.4 Å². The second kappa shape index (κ2) is 6.83. The summed E-state index contributed by atoms with van der Waals surface area (Å²) in [6, 6.07) is 16.2. The molecule has 0 spiro atoms. The van der Waals surface area contributed by atoms with Crippen molar-refractivity contribution in [3.63, 3.8) is 0 Å². The van der Waals surface area contributed by atoms with Crippen LogP contribution in [0.15, 0.2) is 57.4 Å². The van der Waals surface area contributed by atoms with Crippen LogP contribution in [0, 0.1) is 20.8 Å². The average molecular weight is 322 g/mol. The van der Waals surface area contributed by atoms with E-state index >= 15 is 0 Å². The summed E-state index contributed by atoms with van der Waals surface area (Å²) >= 11 is 0. The summed E-state index contributed by atoms with van der Waals surface area (Å²) in [6.07, 6.45) is 0. The van der Waals surface area contributed by atoms with Crippen molar-refractivity contribution in [3.8, 4) is 5.75 Å². The molecule has 3 heteroatoms. The highest BCUT2D eigenvalue weighted by Crippen LogP contribution is 2.23. The standard InChI is InChI=1S/C11H12O2.C10H10O/c1-3-12-10-5-4-9-6-8(2)13-11(9)7-10;1-7-3-4-10-9(5-7)6-8(2)11-10/h4-7H,3H2,1-2H3;3-6H,1-2H3. The van der Waals surface area contributed by atoms with Crippen LogP contribution in [0.3, 0.4) is 0 Å². The lowest BCUT2D eigenvalue weighted by atomic mass is 10.2. The summed E-state index contributed by atoms with van der Waals surface area (Å²) in [5, 5.41) is 2.32. The quantitative estimate of drug-likeness (QED) is 0.441. The van der Waals surface area contributed by atoms with Crippen molar-refractivity contribution in [2.75, 3.05) is 6.61 Å². The van der Waals surface area contributed by atoms with Gasteiger partial charge in [-0.25, -0.2) is 0 Å². The first-order valence-corrected chi connectivity index (χ1v) is 8.15. The van der Waals surface area contributed by atoms with E-state index in [0.717, 1.165) is 33.8 Å². The van der Waals surface area contributed by atoms with E-state index in [9.17, 15) is 0 Å². The van der Waals surface area contributed by atoms with E-state index in [2.05, 4.69) is 25.1 Å². The third-order valence-corrected chi connectivity index (χ3v) is 3.72. The van der Waals surface area contributed by atoms with Gasteiger partial charge in [-0.3, -0.25) is 0 Å². The van der Waals surface area contributed by atoms with E-state index < -0.39 is 0 Å². The van der Waals surface area contributed by atoms with Gasteiger partial charge in [0.15, 0.2) is 0 Å². The van der Waals surface area contributed by atoms with Gasteiger partial charge in [-0.1, -0.05) is 11.6 Å². The highest BCUT2D eigenvalue weighted by molar-refractivity contribution is 5.79. The molecule has 0 saturated heterocycles. The lowest BCUT2D eigenvalue weighted by Gasteiger charge is -2.00. The molecule has 0 saturated carbocycles. The number of furan rings is 2. The minimum absolute atomic E-state index is 0.686. The van der Waals surface area contributed by atoms with Crippen LogP contribution in [0.5, 0.6) is 5.75 Å². The summed E-state index contributed by atoms with van der Waals surface area (Å²) in [7, 11) is 0. The van der Waals surface area contributed by atoms with E-state index in [-0.39, 0.29) is 0 Å². The van der Waals surface area contributed by atoms with Crippen molar-refractivity contribution in [2.24, 2.45) is 0 Å². The molecule has 0 atom stereocenters. The molecule has 2 aromatic carbocycles. The summed E-state index contributed by atoms with van der Waals surface area (Å²) in [5.74, 6) is 2.78. The number of fused-ring (bicyclic) bond motifs is 2. The Labute approximate surface area is 141 Å². The van der Waals surface area contributed by atoms with Crippen LogP contribution in [0.1, 0.15) is 24.0 Å². The highest BCUT2D eigenvalue weighted by atomic mass is 16.5. The average Bonchev–Trinajstić information content (AvgIpc) is 3.08. The maximum Gasteiger partial charge on any atom is 0.137 e. The fourth-order valence-corrected chi connectivity index (χ4v) is 2.70. The number of benzene rings is 2. The molecule has 2 aromatic heterocycles. The van der Waals surface area contributed by atoms with Gasteiger partial charge in [0.25, 0.3) is 0 Å². The number of rotatable bonds is 2. The highest BCUT2D eigenvalue weighted by Gasteiger charge is 2.01. The second-order valence-electron chi connectivity index (χ2n) is 5.89. The normalized spacial score (nSPS) is 10.7. The Hall–Kier alpha value is -2.68. The van der Waals surface area contributed by atoms with Crippen LogP contribution < -0.4 is 4.74 Å². The van der Waals surface area contributed by atoms with Crippen molar-refractivity contribution < 1.29 is 13.6 Å². The molecule has 2 heterocycles. The molecule has 0 aliphatic carbocycles. The van der Waals surface area contributed by atoms with Gasteiger partial charge >= 0.3 is 0 Å². The van der Waals surface area contributed by atoms with Gasteiger partial charge in [-0.15, -0.1) is 0 Å². The van der Waals surface area contributed by atoms with Crippen molar-refractivity contribution in [2.45, 2.75) is 27.7 Å². The van der Waals surface area contributed by atoms with E-state index in [0.29, 0.717) is 6.61 Å². The third kappa shape index (κ3) is 3.62. The van der Waals surface area contributed by atoms with Crippen LogP contribution in [0.4, 0.5) is 0 Å². The molecule has 0 aliphatic heterocycles. The topological polar surface area (TPSA) is 35.5 Å². The van der Waals surface area contributed by atoms with E-state index in [1.54, 1.807) is 0 Å². The molecule has 0 bridgehead atoms. The number of hydrogen-bond donors (Lipinski definition) is 0. The lowest BCUT2D eigenvalue weighted by molar-refractivity contribution is 0.340. The Kier molecular flexibility index (Phi) is 4.61. The van der Waals surface area contributed by atoms with Crippen LogP contribution >= 0.6 is 0 Å². The number of ether oxygens (including phenoxy) is 1. The third-order valence-electron chi connectivity index (χ3n) is 3.72. The Morgan fingerprint density at radius 3 is 2.21 bits per heavy atom. The van der Waals surface area contributed by atoms with Gasteiger partial charge in [-0.05, 0) is 64.1 Å². The largest absolute Gasteiger partial charge is 0.494 e. The lowest BCUT2D eigenvalue weighted by Crippen LogP contribution is -1.89. The Bertz CT molecular complexity index is 960. The Balaban J connectivity index is 0.000000143. The zero-order chi connectivity index (χ0) is 17.1. The molecular weight excluding hydrogens is 300 g/mol. The Morgan fingerprint density at radius 2 is 1.46 bits per heavy atom. The molecule has 0 aliphatic rings. The summed E-state index contributed by atoms with van der Waals surface area (Å²) in [5.41, 5.74) is 3.15. The van der Waals surface area contributed by atoms with Crippen molar-refractivity contribution in [1.29, 1.82) is 0 Å². The molecule has 4 aromatic rings. The smallest absolute Gasteiger partial charge is 0.137 e. The first kappa shape index (κ1) is 16.2. The first-order valence-electron chi connectivity index (χ1n) is 8.15. The SMILES string of the molecule is CCOc1ccc2cc(C)oc2c1.Cc1ccc2oc(C)cc2c1. The van der Waals surface area contributed by atoms with Crippen molar-refractivity contribution in [1.82, 2.24) is 0 Å². The molecule has 3 nitrogen and oxygen atoms in total. The maximum absolute atomic E-state index is 5.47. The number of aryl methyl sites for hydroxylation is 3. The zero-order valence-electron chi connectivity index (χ0n) is 14.6. The summed E-state index contributed by atoms with van der Waals surface area (Å²) < 4.78 is 16.3. The summed E-state index contributed by atoms with van der Waals surface area (Å²) in [4.78, 5) is 0. The van der Waals surface area contributed by atoms with Gasteiger partial charge < -0.3 is 13.6 Å². The molecule has 24 heavy (non-hydrogen) atoms. The molecule has 0 radical (unpaired) electrons. The monoisotopic (exact) mass is 322 g/mol. The van der Waals surface area contributed by atoms with Crippen LogP contribution in [-0.2, 0) is 0 Å². The minimum atomic E-state index is 0.686. The number of hydrogen-bond acceptors (Lipinski definition) is 3. The zero-order valence-corrected chi connectivity index (χ0v) is 14.6. The molecule has 0 N–H and O–H groups in total. The fourth-order valence-electron chi connectivity index (χ4n) is 2.70. The second-order valence-corrected chi connectivity index (χ2v) is 5.89. The van der Waals surface area contributed by atoms with E-state index in [1.165, 1.54) is 10.9 Å². The van der Waals surface area contributed by atoms with Gasteiger partial charge in [0.05, 0.1) is 6.61 Å². The van der Waals surface area contributed by atoms with Crippen LogP contribution in [-0.4, -0.2) is 6.61 Å². The van der Waals surface area contributed by atoms with Gasteiger partial charge in [0, 0.05) is 16.8 Å². The Morgan fingerprint density at radius 1 is 0.750 bits per heavy atom. The molecule has 124 valence electrons. The predicted molar refractivity (Wildman–Crippen MR) is 97.8 cm³/mol. The minimum Gasteiger partial charge on any atom is -0.494 e. The van der Waals surface area contributed by atoms with Crippen molar-refractivity contribution >= 4 is 21.9 Å². The van der Waals surface area contributed by atoms with E-state index in [1.807, 2.05) is 51.1 Å². The van der Waals surface area contributed by atoms with Crippen LogP contribution in [0.2, 0.25) is 0 Å². The first-order chi connectivity index (χ1) is 11.5. The van der Waals surface area contributed by atoms with Gasteiger partial charge in [0.2, 0.25) is 0 Å². The fraction of sp³-hybridized carbons (Fsp3) is 0.238. The molecule has 0 fully saturated rings. The molecular formula is C21H22O3. The van der Waals surface area contributed by atoms with Crippen molar-refractivity contribution in [3.05, 3.63) is 65.6 Å². The van der Waals surface area contributed by atoms with Gasteiger partial charge in [-0.2, -0.15) is 0 Å². The van der Waals surface area contributed by atoms with Crippen LogP contribution in [0.25, 0.3) is 21.9 Å². The summed E-state index contributed by atoms with van der Waals surface area (Å²) in [6.45, 7) is 8.65.